The van der Waals surface area contributed by atoms with Gasteiger partial charge in [0, 0.05) is 18.5 Å². The molecular weight excluding hydrogens is 274 g/mol. The van der Waals surface area contributed by atoms with E-state index in [9.17, 15) is 4.79 Å². The molecule has 0 saturated carbocycles. The van der Waals surface area contributed by atoms with Gasteiger partial charge in [0.1, 0.15) is 0 Å². The van der Waals surface area contributed by atoms with Crippen LogP contribution in [-0.4, -0.2) is 36.2 Å². The molecule has 0 aromatic heterocycles. The molecule has 22 heavy (non-hydrogen) atoms. The van der Waals surface area contributed by atoms with Crippen molar-refractivity contribution in [3.8, 4) is 0 Å². The third-order valence-electron chi connectivity index (χ3n) is 4.61. The summed E-state index contributed by atoms with van der Waals surface area (Å²) in [6, 6.07) is 8.37. The van der Waals surface area contributed by atoms with E-state index in [0.717, 1.165) is 44.6 Å². The maximum absolute atomic E-state index is 12.0. The van der Waals surface area contributed by atoms with E-state index in [1.54, 1.807) is 0 Å². The van der Waals surface area contributed by atoms with Crippen LogP contribution < -0.4 is 5.43 Å². The molecule has 1 heterocycles. The average Bonchev–Trinajstić information content (AvgIpc) is 2.59. The summed E-state index contributed by atoms with van der Waals surface area (Å²) in [4.78, 5) is 14.4. The Morgan fingerprint density at radius 3 is 2.77 bits per heavy atom. The van der Waals surface area contributed by atoms with Gasteiger partial charge in [-0.05, 0) is 50.8 Å². The van der Waals surface area contributed by atoms with E-state index in [-0.39, 0.29) is 5.91 Å². The van der Waals surface area contributed by atoms with Crippen LogP contribution in [0.25, 0.3) is 0 Å². The summed E-state index contributed by atoms with van der Waals surface area (Å²) in [5.41, 5.74) is 6.32. The summed E-state index contributed by atoms with van der Waals surface area (Å²) in [6.45, 7) is 3.12. The molecule has 1 aromatic carbocycles. The zero-order valence-electron chi connectivity index (χ0n) is 13.2. The molecule has 0 radical (unpaired) electrons. The van der Waals surface area contributed by atoms with Crippen molar-refractivity contribution < 1.29 is 4.79 Å². The van der Waals surface area contributed by atoms with Crippen LogP contribution in [0.4, 0.5) is 0 Å². The Morgan fingerprint density at radius 2 is 1.91 bits per heavy atom. The third-order valence-corrected chi connectivity index (χ3v) is 4.61. The average molecular weight is 299 g/mol. The van der Waals surface area contributed by atoms with Crippen molar-refractivity contribution in [2.75, 3.05) is 19.6 Å². The minimum absolute atomic E-state index is 0.0288. The minimum atomic E-state index is 0.0288. The molecule has 1 aliphatic carbocycles. The van der Waals surface area contributed by atoms with Crippen LogP contribution in [0.2, 0.25) is 0 Å². The number of hydrazone groups is 1. The highest BCUT2D eigenvalue weighted by atomic mass is 16.2. The number of piperidine rings is 1. The molecule has 0 bridgehead atoms. The summed E-state index contributed by atoms with van der Waals surface area (Å²) in [6.07, 6.45) is 7.57. The van der Waals surface area contributed by atoms with Crippen LogP contribution in [0, 0.1) is 0 Å². The Morgan fingerprint density at radius 1 is 1.09 bits per heavy atom. The molecule has 0 spiro atoms. The highest BCUT2D eigenvalue weighted by Crippen LogP contribution is 2.21. The number of hydrogen-bond donors (Lipinski definition) is 1. The molecule has 3 rings (SSSR count). The van der Waals surface area contributed by atoms with Gasteiger partial charge in [-0.25, -0.2) is 5.43 Å². The zero-order chi connectivity index (χ0) is 15.2. The first-order valence-corrected chi connectivity index (χ1v) is 8.49. The van der Waals surface area contributed by atoms with Crippen molar-refractivity contribution in [3.05, 3.63) is 35.4 Å². The molecule has 118 valence electrons. The molecule has 2 aliphatic rings. The lowest BCUT2D eigenvalue weighted by molar-refractivity contribution is -0.121. The number of amides is 1. The van der Waals surface area contributed by atoms with Crippen LogP contribution in [0.5, 0.6) is 0 Å². The predicted octanol–water partition coefficient (Wildman–Crippen LogP) is 2.72. The lowest BCUT2D eigenvalue weighted by atomic mass is 9.90. The normalized spacial score (nSPS) is 20.6. The second-order valence-electron chi connectivity index (χ2n) is 6.26. The molecule has 4 heteroatoms. The number of hydrogen-bond acceptors (Lipinski definition) is 3. The first kappa shape index (κ1) is 15.2. The Labute approximate surface area is 132 Å². The van der Waals surface area contributed by atoms with E-state index < -0.39 is 0 Å². The van der Waals surface area contributed by atoms with Crippen molar-refractivity contribution in [1.82, 2.24) is 10.3 Å². The second-order valence-corrected chi connectivity index (χ2v) is 6.26. The van der Waals surface area contributed by atoms with Gasteiger partial charge in [0.25, 0.3) is 0 Å². The van der Waals surface area contributed by atoms with Gasteiger partial charge in [-0.3, -0.25) is 4.79 Å². The highest BCUT2D eigenvalue weighted by molar-refractivity contribution is 6.03. The Hall–Kier alpha value is -1.68. The van der Waals surface area contributed by atoms with Gasteiger partial charge in [-0.2, -0.15) is 5.10 Å². The molecule has 1 aromatic rings. The summed E-state index contributed by atoms with van der Waals surface area (Å²) < 4.78 is 0. The zero-order valence-corrected chi connectivity index (χ0v) is 13.2. The SMILES string of the molecule is O=C(CCN1CCCCC1)NN=C1CCCc2ccccc21. The van der Waals surface area contributed by atoms with E-state index >= 15 is 0 Å². The summed E-state index contributed by atoms with van der Waals surface area (Å²) >= 11 is 0. The van der Waals surface area contributed by atoms with Crippen molar-refractivity contribution in [3.63, 3.8) is 0 Å². The molecule has 0 unspecified atom stereocenters. The number of nitrogens with one attached hydrogen (secondary N) is 1. The standard InChI is InChI=1S/C18H25N3O/c22-18(11-14-21-12-4-1-5-13-21)20-19-17-10-6-8-15-7-2-3-9-16(15)17/h2-3,7,9H,1,4-6,8,10-14H2,(H,20,22). The van der Waals surface area contributed by atoms with Gasteiger partial charge in [0.2, 0.25) is 5.91 Å². The molecule has 0 atom stereocenters. The number of nitrogens with zero attached hydrogens (tertiary/aromatic N) is 2. The molecule has 1 fully saturated rings. The monoisotopic (exact) mass is 299 g/mol. The van der Waals surface area contributed by atoms with E-state index in [1.165, 1.54) is 30.4 Å². The van der Waals surface area contributed by atoms with Crippen molar-refractivity contribution in [2.24, 2.45) is 5.10 Å². The van der Waals surface area contributed by atoms with Gasteiger partial charge in [-0.1, -0.05) is 30.7 Å². The first-order chi connectivity index (χ1) is 10.8. The second kappa shape index (κ2) is 7.54. The van der Waals surface area contributed by atoms with Crippen LogP contribution in [0.15, 0.2) is 29.4 Å². The number of benzene rings is 1. The van der Waals surface area contributed by atoms with E-state index in [0.29, 0.717) is 6.42 Å². The van der Waals surface area contributed by atoms with E-state index in [2.05, 4.69) is 33.6 Å². The molecule has 1 amide bonds. The molecule has 1 aliphatic heterocycles. The van der Waals surface area contributed by atoms with Gasteiger partial charge < -0.3 is 4.90 Å². The molecule has 1 N–H and O–H groups in total. The Kier molecular flexibility index (Phi) is 5.22. The number of carbonyl (C=O) groups is 1. The van der Waals surface area contributed by atoms with Gasteiger partial charge in [0.05, 0.1) is 5.71 Å². The molecular formula is C18H25N3O. The van der Waals surface area contributed by atoms with Crippen LogP contribution in [-0.2, 0) is 11.2 Å². The molecule has 1 saturated heterocycles. The number of aryl methyl sites for hydroxylation is 1. The van der Waals surface area contributed by atoms with Crippen LogP contribution in [0.3, 0.4) is 0 Å². The summed E-state index contributed by atoms with van der Waals surface area (Å²) in [7, 11) is 0. The van der Waals surface area contributed by atoms with Gasteiger partial charge in [-0.15, -0.1) is 0 Å². The first-order valence-electron chi connectivity index (χ1n) is 8.49. The number of rotatable bonds is 4. The number of fused-ring (bicyclic) bond motifs is 1. The maximum atomic E-state index is 12.0. The van der Waals surface area contributed by atoms with Crippen LogP contribution >= 0.6 is 0 Å². The predicted molar refractivity (Wildman–Crippen MR) is 89.0 cm³/mol. The fourth-order valence-electron chi connectivity index (χ4n) is 3.35. The highest BCUT2D eigenvalue weighted by Gasteiger charge is 2.15. The van der Waals surface area contributed by atoms with Crippen molar-refractivity contribution >= 4 is 11.6 Å². The van der Waals surface area contributed by atoms with Crippen molar-refractivity contribution in [2.45, 2.75) is 44.9 Å². The lowest BCUT2D eigenvalue weighted by Crippen LogP contribution is -2.33. The lowest BCUT2D eigenvalue weighted by Gasteiger charge is -2.25. The van der Waals surface area contributed by atoms with E-state index in [4.69, 9.17) is 0 Å². The Balaban J connectivity index is 1.52. The fraction of sp³-hybridized carbons (Fsp3) is 0.556. The topological polar surface area (TPSA) is 44.7 Å². The summed E-state index contributed by atoms with van der Waals surface area (Å²) in [5, 5.41) is 4.39. The number of carbonyl (C=O) groups excluding carboxylic acids is 1. The van der Waals surface area contributed by atoms with Crippen molar-refractivity contribution in [1.29, 1.82) is 0 Å². The maximum Gasteiger partial charge on any atom is 0.241 e. The molecule has 4 nitrogen and oxygen atoms in total. The Bertz CT molecular complexity index is 547. The minimum Gasteiger partial charge on any atom is -0.303 e. The summed E-state index contributed by atoms with van der Waals surface area (Å²) in [5.74, 6) is 0.0288. The third kappa shape index (κ3) is 3.95. The van der Waals surface area contributed by atoms with Gasteiger partial charge >= 0.3 is 0 Å². The van der Waals surface area contributed by atoms with E-state index in [1.807, 2.05) is 6.07 Å². The largest absolute Gasteiger partial charge is 0.303 e. The van der Waals surface area contributed by atoms with Gasteiger partial charge in [0.15, 0.2) is 0 Å². The fourth-order valence-corrected chi connectivity index (χ4v) is 3.35. The smallest absolute Gasteiger partial charge is 0.241 e. The quantitative estimate of drug-likeness (QED) is 0.869. The number of likely N-dealkylation sites (tertiary alicyclic amines) is 1. The van der Waals surface area contributed by atoms with Crippen LogP contribution in [0.1, 0.15) is 49.7 Å².